The molecule has 2 fully saturated rings. The van der Waals surface area contributed by atoms with Gasteiger partial charge in [-0.3, -0.25) is 14.6 Å². The number of rotatable bonds is 9. The Hall–Kier alpha value is -2.82. The second kappa shape index (κ2) is 12.6. The molecule has 2 heterocycles. The molecule has 0 spiro atoms. The summed E-state index contributed by atoms with van der Waals surface area (Å²) in [5.41, 5.74) is 0.254. The first-order valence-electron chi connectivity index (χ1n) is 12.6. The number of nitrogens with zero attached hydrogens (tertiary/aromatic N) is 2. The monoisotopic (exact) mass is 521 g/mol. The van der Waals surface area contributed by atoms with Crippen molar-refractivity contribution < 1.29 is 32.5 Å². The average molecular weight is 522 g/mol. The van der Waals surface area contributed by atoms with Crippen LogP contribution in [-0.4, -0.2) is 79.9 Å². The predicted molar refractivity (Wildman–Crippen MR) is 132 cm³/mol. The molecule has 37 heavy (non-hydrogen) atoms. The lowest BCUT2D eigenvalue weighted by atomic mass is 9.88. The number of alkyl halides is 3. The van der Waals surface area contributed by atoms with Gasteiger partial charge < -0.3 is 19.9 Å². The van der Waals surface area contributed by atoms with Crippen LogP contribution in [-0.2, 0) is 22.3 Å². The van der Waals surface area contributed by atoms with Gasteiger partial charge in [0.1, 0.15) is 11.5 Å². The Balaban J connectivity index is 1.37. The highest BCUT2D eigenvalue weighted by atomic mass is 19.4. The minimum absolute atomic E-state index is 0.0206. The van der Waals surface area contributed by atoms with E-state index in [4.69, 9.17) is 9.47 Å². The van der Waals surface area contributed by atoms with E-state index >= 15 is 0 Å². The molecular formula is C27H34F3N3O4. The molecule has 10 heteroatoms. The van der Waals surface area contributed by atoms with Crippen molar-refractivity contribution in [2.75, 3.05) is 59.1 Å². The summed E-state index contributed by atoms with van der Waals surface area (Å²) in [5, 5.41) is 12.6. The van der Waals surface area contributed by atoms with Crippen LogP contribution in [0.15, 0.2) is 48.5 Å². The number of aromatic hydroxyl groups is 1. The van der Waals surface area contributed by atoms with Gasteiger partial charge in [0.25, 0.3) is 0 Å². The lowest BCUT2D eigenvalue weighted by Crippen LogP contribution is -2.48. The van der Waals surface area contributed by atoms with Crippen molar-refractivity contribution in [1.29, 1.82) is 0 Å². The van der Waals surface area contributed by atoms with Crippen molar-refractivity contribution in [3.8, 4) is 11.5 Å². The number of piperidine rings is 1. The molecule has 0 bridgehead atoms. The van der Waals surface area contributed by atoms with E-state index < -0.39 is 11.7 Å². The summed E-state index contributed by atoms with van der Waals surface area (Å²) >= 11 is 0. The van der Waals surface area contributed by atoms with Gasteiger partial charge in [-0.05, 0) is 42.3 Å². The summed E-state index contributed by atoms with van der Waals surface area (Å²) in [6.45, 7) is 6.47. The number of carbonyl (C=O) groups excluding carboxylic acids is 1. The fourth-order valence-corrected chi connectivity index (χ4v) is 4.88. The van der Waals surface area contributed by atoms with Crippen LogP contribution in [0.4, 0.5) is 13.2 Å². The maximum Gasteiger partial charge on any atom is 0.416 e. The Bertz CT molecular complexity index is 1010. The summed E-state index contributed by atoms with van der Waals surface area (Å²) < 4.78 is 50.4. The van der Waals surface area contributed by atoms with E-state index in [1.54, 1.807) is 12.1 Å². The first-order valence-corrected chi connectivity index (χ1v) is 12.6. The molecule has 7 nitrogen and oxygen atoms in total. The zero-order valence-electron chi connectivity index (χ0n) is 20.8. The van der Waals surface area contributed by atoms with Crippen molar-refractivity contribution in [3.05, 3.63) is 59.7 Å². The van der Waals surface area contributed by atoms with Gasteiger partial charge in [0.2, 0.25) is 5.91 Å². The third-order valence-electron chi connectivity index (χ3n) is 6.80. The molecule has 1 amide bonds. The zero-order valence-corrected chi connectivity index (χ0v) is 20.8. The number of hydrogen-bond donors (Lipinski definition) is 2. The number of halogens is 3. The van der Waals surface area contributed by atoms with Crippen molar-refractivity contribution in [2.24, 2.45) is 11.8 Å². The van der Waals surface area contributed by atoms with Crippen LogP contribution >= 0.6 is 0 Å². The molecular weight excluding hydrogens is 487 g/mol. The molecule has 0 unspecified atom stereocenters. The van der Waals surface area contributed by atoms with E-state index in [1.165, 1.54) is 12.1 Å². The maximum absolute atomic E-state index is 13.1. The number of phenols is 1. The van der Waals surface area contributed by atoms with Gasteiger partial charge >= 0.3 is 6.18 Å². The van der Waals surface area contributed by atoms with Crippen LogP contribution in [0.25, 0.3) is 0 Å². The van der Waals surface area contributed by atoms with E-state index in [1.807, 2.05) is 12.1 Å². The molecule has 0 aromatic heterocycles. The minimum Gasteiger partial charge on any atom is -0.508 e. The molecule has 2 aliphatic rings. The Labute approximate surface area is 215 Å². The molecule has 0 aliphatic carbocycles. The number of hydrogen-bond acceptors (Lipinski definition) is 6. The number of phenolic OH excluding ortho intramolecular Hbond substituents is 1. The molecule has 202 valence electrons. The molecule has 2 saturated heterocycles. The fourth-order valence-electron chi connectivity index (χ4n) is 4.88. The Morgan fingerprint density at radius 2 is 1.84 bits per heavy atom. The summed E-state index contributed by atoms with van der Waals surface area (Å²) in [5.74, 6) is 0.0399. The van der Waals surface area contributed by atoms with E-state index in [0.717, 1.165) is 37.3 Å². The molecule has 0 radical (unpaired) electrons. The first kappa shape index (κ1) is 27.2. The number of morpholine rings is 1. The number of amides is 1. The Morgan fingerprint density at radius 3 is 2.57 bits per heavy atom. The fraction of sp³-hybridized carbons (Fsp3) is 0.519. The van der Waals surface area contributed by atoms with Gasteiger partial charge in [-0.1, -0.05) is 18.2 Å². The maximum atomic E-state index is 13.1. The standard InChI is InChI=1S/C27H34F3N3O4/c28-27(29,30)23-2-1-3-25(15-23)37-19-21-14-22(26(35)31-8-9-32-10-12-36-13-11-32)18-33(17-21)16-20-4-6-24(34)7-5-20/h1-7,15,21-22,34H,8-14,16-19H2,(H,31,35)/t21-,22+/m0/s1. The summed E-state index contributed by atoms with van der Waals surface area (Å²) in [6, 6.07) is 11.8. The summed E-state index contributed by atoms with van der Waals surface area (Å²) in [4.78, 5) is 17.5. The van der Waals surface area contributed by atoms with Crippen LogP contribution in [0.2, 0.25) is 0 Å². The van der Waals surface area contributed by atoms with Gasteiger partial charge in [-0.25, -0.2) is 0 Å². The van der Waals surface area contributed by atoms with E-state index in [0.29, 0.717) is 45.8 Å². The normalized spacial score (nSPS) is 21.5. The zero-order chi connectivity index (χ0) is 26.3. The van der Waals surface area contributed by atoms with Crippen molar-refractivity contribution in [2.45, 2.75) is 19.1 Å². The number of benzene rings is 2. The van der Waals surface area contributed by atoms with Crippen LogP contribution < -0.4 is 10.1 Å². The molecule has 2 N–H and O–H groups in total. The lowest BCUT2D eigenvalue weighted by Gasteiger charge is -2.37. The quantitative estimate of drug-likeness (QED) is 0.527. The van der Waals surface area contributed by atoms with Crippen LogP contribution in [0.5, 0.6) is 11.5 Å². The van der Waals surface area contributed by atoms with Gasteiger partial charge in [-0.15, -0.1) is 0 Å². The van der Waals surface area contributed by atoms with Gasteiger partial charge in [0.15, 0.2) is 0 Å². The SMILES string of the molecule is O=C(NCCN1CCOCC1)[C@@H]1C[C@H](COc2cccc(C(F)(F)F)c2)CN(Cc2ccc(O)cc2)C1. The largest absolute Gasteiger partial charge is 0.508 e. The Kier molecular flexibility index (Phi) is 9.28. The molecule has 2 aromatic carbocycles. The second-order valence-electron chi connectivity index (χ2n) is 9.74. The van der Waals surface area contributed by atoms with E-state index in [9.17, 15) is 23.1 Å². The van der Waals surface area contributed by atoms with Gasteiger partial charge in [-0.2, -0.15) is 13.2 Å². The summed E-state index contributed by atoms with van der Waals surface area (Å²) in [7, 11) is 0. The highest BCUT2D eigenvalue weighted by Crippen LogP contribution is 2.32. The molecule has 2 aliphatic heterocycles. The van der Waals surface area contributed by atoms with Crippen molar-refractivity contribution in [3.63, 3.8) is 0 Å². The second-order valence-corrected chi connectivity index (χ2v) is 9.74. The predicted octanol–water partition coefficient (Wildman–Crippen LogP) is 3.38. The van der Waals surface area contributed by atoms with Gasteiger partial charge in [0.05, 0.1) is 31.3 Å². The molecule has 0 saturated carbocycles. The smallest absolute Gasteiger partial charge is 0.416 e. The number of ether oxygens (including phenoxy) is 2. The van der Waals surface area contributed by atoms with Crippen molar-refractivity contribution >= 4 is 5.91 Å². The topological polar surface area (TPSA) is 74.3 Å². The summed E-state index contributed by atoms with van der Waals surface area (Å²) in [6.07, 6.45) is -3.84. The molecule has 4 rings (SSSR count). The number of likely N-dealkylation sites (tertiary alicyclic amines) is 1. The third kappa shape index (κ3) is 8.34. The van der Waals surface area contributed by atoms with Crippen LogP contribution in [0.1, 0.15) is 17.5 Å². The van der Waals surface area contributed by atoms with E-state index in [-0.39, 0.29) is 35.8 Å². The van der Waals surface area contributed by atoms with Gasteiger partial charge in [0, 0.05) is 51.7 Å². The minimum atomic E-state index is -4.43. The third-order valence-corrected chi connectivity index (χ3v) is 6.80. The first-order chi connectivity index (χ1) is 17.8. The highest BCUT2D eigenvalue weighted by Gasteiger charge is 2.33. The van der Waals surface area contributed by atoms with E-state index in [2.05, 4.69) is 15.1 Å². The average Bonchev–Trinajstić information content (AvgIpc) is 2.89. The van der Waals surface area contributed by atoms with Crippen molar-refractivity contribution in [1.82, 2.24) is 15.1 Å². The lowest BCUT2D eigenvalue weighted by molar-refractivity contribution is -0.137. The molecule has 2 atom stereocenters. The highest BCUT2D eigenvalue weighted by molar-refractivity contribution is 5.79. The number of nitrogens with one attached hydrogen (secondary N) is 1. The number of carbonyl (C=O) groups is 1. The molecule has 2 aromatic rings. The van der Waals surface area contributed by atoms with Crippen LogP contribution in [0, 0.1) is 11.8 Å². The van der Waals surface area contributed by atoms with Crippen LogP contribution in [0.3, 0.4) is 0 Å². The Morgan fingerprint density at radius 1 is 1.08 bits per heavy atom.